The molecule has 33 heavy (non-hydrogen) atoms. The summed E-state index contributed by atoms with van der Waals surface area (Å²) in [5, 5.41) is 1.95. The van der Waals surface area contributed by atoms with Gasteiger partial charge in [-0.1, -0.05) is 109 Å². The lowest BCUT2D eigenvalue weighted by Gasteiger charge is -2.44. The van der Waals surface area contributed by atoms with Crippen LogP contribution in [0.1, 0.15) is 123 Å². The summed E-state index contributed by atoms with van der Waals surface area (Å²) >= 11 is 0. The molecule has 2 aromatic carbocycles. The van der Waals surface area contributed by atoms with Gasteiger partial charge in [-0.05, 0) is 74.2 Å². The highest BCUT2D eigenvalue weighted by Crippen LogP contribution is 2.60. The van der Waals surface area contributed by atoms with Gasteiger partial charge in [0.25, 0.3) is 0 Å². The number of aryl methyl sites for hydroxylation is 1. The van der Waals surface area contributed by atoms with E-state index in [0.717, 1.165) is 5.75 Å². The molecule has 2 rings (SSSR count). The third kappa shape index (κ3) is 5.85. The van der Waals surface area contributed by atoms with Gasteiger partial charge in [0.1, 0.15) is 5.75 Å². The van der Waals surface area contributed by atoms with Crippen molar-refractivity contribution in [3.63, 3.8) is 0 Å². The minimum atomic E-state index is -0.463. The summed E-state index contributed by atoms with van der Waals surface area (Å²) in [6, 6.07) is 9.47. The maximum absolute atomic E-state index is 5.93. The number of methoxy groups -OCH3 is 1. The van der Waals surface area contributed by atoms with Gasteiger partial charge in [-0.15, -0.1) is 0 Å². The SMILES string of the molecule is COc1ccc(C)c(-c2c(C(C)C)cc(C(C)C)cc2P(C(C)(C)C)C(C)(C)C)c1C(C)C. The quantitative estimate of drug-likeness (QED) is 0.383. The van der Waals surface area contributed by atoms with Crippen molar-refractivity contribution in [2.45, 2.75) is 118 Å². The second kappa shape index (κ2) is 10.1. The van der Waals surface area contributed by atoms with Crippen molar-refractivity contribution >= 4 is 13.2 Å². The molecule has 0 atom stereocenters. The molecule has 0 aliphatic heterocycles. The van der Waals surface area contributed by atoms with Crippen LogP contribution in [0.25, 0.3) is 11.1 Å². The first kappa shape index (κ1) is 27.9. The van der Waals surface area contributed by atoms with Crippen LogP contribution >= 0.6 is 7.92 Å². The molecule has 0 heterocycles. The molecular weight excluding hydrogens is 419 g/mol. The van der Waals surface area contributed by atoms with Gasteiger partial charge < -0.3 is 4.74 Å². The average molecular weight is 469 g/mol. The van der Waals surface area contributed by atoms with Crippen LogP contribution in [0.5, 0.6) is 5.75 Å². The molecule has 0 aromatic heterocycles. The van der Waals surface area contributed by atoms with E-state index in [1.54, 1.807) is 5.30 Å². The van der Waals surface area contributed by atoms with Crippen molar-refractivity contribution in [1.29, 1.82) is 0 Å². The summed E-state index contributed by atoms with van der Waals surface area (Å²) in [6.07, 6.45) is 0. The molecule has 0 saturated heterocycles. The number of ether oxygens (including phenoxy) is 1. The lowest BCUT2D eigenvalue weighted by molar-refractivity contribution is 0.408. The maximum atomic E-state index is 5.93. The van der Waals surface area contributed by atoms with Crippen LogP contribution < -0.4 is 10.0 Å². The third-order valence-electron chi connectivity index (χ3n) is 6.50. The predicted octanol–water partition coefficient (Wildman–Crippen LogP) is 9.75. The van der Waals surface area contributed by atoms with E-state index in [0.29, 0.717) is 17.8 Å². The lowest BCUT2D eigenvalue weighted by Crippen LogP contribution is -2.33. The van der Waals surface area contributed by atoms with Crippen LogP contribution in [0.2, 0.25) is 0 Å². The Hall–Kier alpha value is -1.33. The molecule has 1 nitrogen and oxygen atoms in total. The van der Waals surface area contributed by atoms with Gasteiger partial charge in [-0.25, -0.2) is 0 Å². The first-order valence-corrected chi connectivity index (χ1v) is 14.0. The van der Waals surface area contributed by atoms with Gasteiger partial charge in [0.2, 0.25) is 0 Å². The molecule has 0 N–H and O–H groups in total. The highest BCUT2D eigenvalue weighted by atomic mass is 31.1. The van der Waals surface area contributed by atoms with Crippen LogP contribution in [-0.4, -0.2) is 17.4 Å². The van der Waals surface area contributed by atoms with E-state index < -0.39 is 7.92 Å². The number of benzene rings is 2. The highest BCUT2D eigenvalue weighted by molar-refractivity contribution is 7.68. The molecule has 0 spiro atoms. The Bertz CT molecular complexity index is 954. The van der Waals surface area contributed by atoms with E-state index in [2.05, 4.69) is 114 Å². The number of rotatable bonds is 6. The Morgan fingerprint density at radius 1 is 0.727 bits per heavy atom. The molecule has 0 fully saturated rings. The highest BCUT2D eigenvalue weighted by Gasteiger charge is 2.39. The van der Waals surface area contributed by atoms with Gasteiger partial charge >= 0.3 is 0 Å². The fraction of sp³-hybridized carbons (Fsp3) is 0.613. The van der Waals surface area contributed by atoms with Crippen LogP contribution in [0, 0.1) is 6.92 Å². The summed E-state index contributed by atoms with van der Waals surface area (Å²) in [6.45, 7) is 30.9. The van der Waals surface area contributed by atoms with Gasteiger partial charge in [0, 0.05) is 5.56 Å². The first-order valence-electron chi connectivity index (χ1n) is 12.7. The van der Waals surface area contributed by atoms with Gasteiger partial charge in [-0.2, -0.15) is 0 Å². The molecule has 0 bridgehead atoms. The summed E-state index contributed by atoms with van der Waals surface area (Å²) in [5.74, 6) is 2.33. The largest absolute Gasteiger partial charge is 0.496 e. The lowest BCUT2D eigenvalue weighted by atomic mass is 9.82. The predicted molar refractivity (Wildman–Crippen MR) is 151 cm³/mol. The van der Waals surface area contributed by atoms with E-state index in [1.165, 1.54) is 33.4 Å². The Balaban J connectivity index is 3.22. The van der Waals surface area contributed by atoms with E-state index in [9.17, 15) is 0 Å². The monoisotopic (exact) mass is 468 g/mol. The average Bonchev–Trinajstić information content (AvgIpc) is 2.64. The summed E-state index contributed by atoms with van der Waals surface area (Å²) in [4.78, 5) is 0. The Morgan fingerprint density at radius 2 is 1.27 bits per heavy atom. The Kier molecular flexibility index (Phi) is 8.55. The van der Waals surface area contributed by atoms with Crippen molar-refractivity contribution in [3.8, 4) is 16.9 Å². The molecule has 0 unspecified atom stereocenters. The molecule has 0 aliphatic rings. The first-order chi connectivity index (χ1) is 15.0. The van der Waals surface area contributed by atoms with Gasteiger partial charge in [-0.3, -0.25) is 0 Å². The summed E-state index contributed by atoms with van der Waals surface area (Å²) < 4.78 is 5.93. The molecule has 2 heteroatoms. The van der Waals surface area contributed by atoms with E-state index in [4.69, 9.17) is 4.74 Å². The zero-order chi connectivity index (χ0) is 25.5. The minimum absolute atomic E-state index is 0.191. The standard InChI is InChI=1S/C31H49OP/c1-19(2)23-17-24(20(3)4)29(26(18-23)33(30(8,9)10)31(11,12)13)28-22(7)15-16-25(32-14)27(28)21(5)6/h15-21H,1-14H3. The van der Waals surface area contributed by atoms with Crippen LogP contribution in [0.4, 0.5) is 0 Å². The molecule has 0 radical (unpaired) electrons. The number of hydrogen-bond acceptors (Lipinski definition) is 1. The fourth-order valence-corrected chi connectivity index (χ4v) is 9.63. The third-order valence-corrected chi connectivity index (χ3v) is 10.0. The van der Waals surface area contributed by atoms with Crippen molar-refractivity contribution in [2.75, 3.05) is 7.11 Å². The molecule has 0 saturated carbocycles. The van der Waals surface area contributed by atoms with E-state index >= 15 is 0 Å². The van der Waals surface area contributed by atoms with Crippen LogP contribution in [0.3, 0.4) is 0 Å². The van der Waals surface area contributed by atoms with Crippen LogP contribution in [-0.2, 0) is 0 Å². The summed E-state index contributed by atoms with van der Waals surface area (Å²) in [5.41, 5.74) is 8.51. The molecular formula is C31H49OP. The molecule has 184 valence electrons. The zero-order valence-corrected chi connectivity index (χ0v) is 24.8. The van der Waals surface area contributed by atoms with Crippen molar-refractivity contribution < 1.29 is 4.74 Å². The van der Waals surface area contributed by atoms with E-state index in [-0.39, 0.29) is 10.3 Å². The fourth-order valence-electron chi connectivity index (χ4n) is 5.43. The smallest absolute Gasteiger partial charge is 0.122 e. The number of hydrogen-bond donors (Lipinski definition) is 0. The zero-order valence-electron chi connectivity index (χ0n) is 23.9. The van der Waals surface area contributed by atoms with Crippen LogP contribution in [0.15, 0.2) is 24.3 Å². The van der Waals surface area contributed by atoms with Gasteiger partial charge in [0.05, 0.1) is 7.11 Å². The van der Waals surface area contributed by atoms with Crippen molar-refractivity contribution in [3.05, 3.63) is 46.5 Å². The summed E-state index contributed by atoms with van der Waals surface area (Å²) in [7, 11) is 1.35. The molecule has 0 aliphatic carbocycles. The normalized spacial score (nSPS) is 13.0. The maximum Gasteiger partial charge on any atom is 0.122 e. The van der Waals surface area contributed by atoms with Crippen molar-refractivity contribution in [1.82, 2.24) is 0 Å². The second-order valence-corrected chi connectivity index (χ2v) is 16.4. The van der Waals surface area contributed by atoms with Gasteiger partial charge in [0.15, 0.2) is 0 Å². The van der Waals surface area contributed by atoms with Crippen molar-refractivity contribution in [2.24, 2.45) is 0 Å². The van der Waals surface area contributed by atoms with E-state index in [1.807, 2.05) is 7.11 Å². The topological polar surface area (TPSA) is 9.23 Å². The Morgan fingerprint density at radius 3 is 1.67 bits per heavy atom. The second-order valence-electron chi connectivity index (χ2n) is 12.5. The Labute approximate surface area is 206 Å². The molecule has 2 aromatic rings. The molecule has 0 amide bonds. The minimum Gasteiger partial charge on any atom is -0.496 e.